The van der Waals surface area contributed by atoms with Crippen LogP contribution in [-0.2, 0) is 4.79 Å². The maximum atomic E-state index is 11.7. The summed E-state index contributed by atoms with van der Waals surface area (Å²) in [5.41, 5.74) is 3.26. The molecule has 108 valence electrons. The number of phenolic OH excluding ortho intramolecular Hbond substituents is 1. The molecule has 1 heterocycles. The molecule has 0 bridgehead atoms. The minimum absolute atomic E-state index is 0.0753. The zero-order valence-electron chi connectivity index (χ0n) is 11.6. The van der Waals surface area contributed by atoms with Gasteiger partial charge >= 0.3 is 0 Å². The average Bonchev–Trinajstić information content (AvgIpc) is 2.93. The van der Waals surface area contributed by atoms with E-state index in [9.17, 15) is 9.90 Å². The molecule has 1 aromatic rings. The Morgan fingerprint density at radius 2 is 2.25 bits per heavy atom. The molecule has 0 radical (unpaired) electrons. The zero-order valence-corrected chi connectivity index (χ0v) is 11.6. The Bertz CT molecular complexity index is 496. The van der Waals surface area contributed by atoms with Crippen LogP contribution in [0, 0.1) is 0 Å². The fourth-order valence-electron chi connectivity index (χ4n) is 2.27. The molecule has 0 atom stereocenters. The Labute approximate surface area is 118 Å². The molecule has 20 heavy (non-hydrogen) atoms. The van der Waals surface area contributed by atoms with E-state index in [0.29, 0.717) is 12.3 Å². The number of hydrogen-bond acceptors (Lipinski definition) is 4. The largest absolute Gasteiger partial charge is 0.504 e. The third kappa shape index (κ3) is 3.96. The van der Waals surface area contributed by atoms with E-state index >= 15 is 0 Å². The summed E-state index contributed by atoms with van der Waals surface area (Å²) in [5.74, 6) is 0.372. The van der Waals surface area contributed by atoms with Crippen LogP contribution in [0.15, 0.2) is 23.3 Å². The minimum Gasteiger partial charge on any atom is -0.504 e. The molecule has 2 rings (SSSR count). The van der Waals surface area contributed by atoms with Gasteiger partial charge in [-0.1, -0.05) is 0 Å². The summed E-state index contributed by atoms with van der Waals surface area (Å²) < 4.78 is 5.00. The lowest BCUT2D eigenvalue weighted by atomic mass is 10.2. The van der Waals surface area contributed by atoms with Crippen molar-refractivity contribution >= 4 is 12.1 Å². The Morgan fingerprint density at radius 3 is 2.95 bits per heavy atom. The van der Waals surface area contributed by atoms with Gasteiger partial charge in [0, 0.05) is 12.8 Å². The highest BCUT2D eigenvalue weighted by Crippen LogP contribution is 2.25. The number of likely N-dealkylation sites (tertiary alicyclic amines) is 1. The second kappa shape index (κ2) is 6.91. The van der Waals surface area contributed by atoms with Crippen molar-refractivity contribution in [2.45, 2.75) is 12.8 Å². The van der Waals surface area contributed by atoms with Crippen LogP contribution in [0.2, 0.25) is 0 Å². The lowest BCUT2D eigenvalue weighted by Crippen LogP contribution is -3.11. The number of nitrogens with one attached hydrogen (secondary N) is 2. The van der Waals surface area contributed by atoms with E-state index in [1.54, 1.807) is 12.1 Å². The molecule has 0 saturated carbocycles. The van der Waals surface area contributed by atoms with Crippen LogP contribution in [0.25, 0.3) is 0 Å². The molecule has 0 unspecified atom stereocenters. The van der Waals surface area contributed by atoms with Gasteiger partial charge in [0.15, 0.2) is 18.0 Å². The van der Waals surface area contributed by atoms with E-state index in [-0.39, 0.29) is 11.7 Å². The summed E-state index contributed by atoms with van der Waals surface area (Å²) in [5, 5.41) is 13.4. The van der Waals surface area contributed by atoms with Gasteiger partial charge in [-0.05, 0) is 23.8 Å². The summed E-state index contributed by atoms with van der Waals surface area (Å²) in [6, 6.07) is 4.87. The first-order valence-electron chi connectivity index (χ1n) is 6.71. The van der Waals surface area contributed by atoms with Crippen molar-refractivity contribution in [3.63, 3.8) is 0 Å². The van der Waals surface area contributed by atoms with E-state index in [2.05, 4.69) is 10.5 Å². The molecular formula is C14H20N3O3+. The number of benzene rings is 1. The van der Waals surface area contributed by atoms with Gasteiger partial charge in [0.05, 0.1) is 26.4 Å². The summed E-state index contributed by atoms with van der Waals surface area (Å²) in [6.45, 7) is 2.59. The van der Waals surface area contributed by atoms with Crippen LogP contribution in [0.5, 0.6) is 11.5 Å². The number of aromatic hydroxyl groups is 1. The third-order valence-electron chi connectivity index (χ3n) is 3.33. The van der Waals surface area contributed by atoms with Crippen molar-refractivity contribution in [2.75, 3.05) is 26.7 Å². The number of carbonyl (C=O) groups excluding carboxylic acids is 1. The number of rotatable bonds is 5. The number of methoxy groups -OCH3 is 1. The van der Waals surface area contributed by atoms with Crippen LogP contribution in [-0.4, -0.2) is 44.0 Å². The van der Waals surface area contributed by atoms with Crippen LogP contribution in [0.3, 0.4) is 0 Å². The van der Waals surface area contributed by atoms with Crippen molar-refractivity contribution < 1.29 is 19.5 Å². The number of nitrogens with zero attached hydrogens (tertiary/aromatic N) is 1. The zero-order chi connectivity index (χ0) is 14.4. The van der Waals surface area contributed by atoms with E-state index in [1.807, 2.05) is 0 Å². The Morgan fingerprint density at radius 1 is 1.50 bits per heavy atom. The van der Waals surface area contributed by atoms with Gasteiger partial charge in [-0.15, -0.1) is 0 Å². The van der Waals surface area contributed by atoms with Crippen molar-refractivity contribution in [3.05, 3.63) is 23.8 Å². The van der Waals surface area contributed by atoms with Gasteiger partial charge in [-0.25, -0.2) is 5.43 Å². The maximum absolute atomic E-state index is 11.7. The number of quaternary nitrogens is 1. The topological polar surface area (TPSA) is 75.4 Å². The summed E-state index contributed by atoms with van der Waals surface area (Å²) in [7, 11) is 1.48. The average molecular weight is 278 g/mol. The molecule has 1 aromatic carbocycles. The summed E-state index contributed by atoms with van der Waals surface area (Å²) in [6.07, 6.45) is 3.91. The second-order valence-corrected chi connectivity index (χ2v) is 4.86. The molecule has 0 aromatic heterocycles. The van der Waals surface area contributed by atoms with Gasteiger partial charge in [0.2, 0.25) is 0 Å². The van der Waals surface area contributed by atoms with E-state index in [1.165, 1.54) is 37.1 Å². The van der Waals surface area contributed by atoms with Gasteiger partial charge in [-0.2, -0.15) is 5.10 Å². The monoisotopic (exact) mass is 278 g/mol. The van der Waals surface area contributed by atoms with Gasteiger partial charge in [-0.3, -0.25) is 4.79 Å². The SMILES string of the molecule is COc1cc(/C=N/NC(=O)C[NH+]2CCCC2)ccc1O. The Balaban J connectivity index is 1.84. The fourth-order valence-corrected chi connectivity index (χ4v) is 2.27. The number of ether oxygens (including phenoxy) is 1. The van der Waals surface area contributed by atoms with Crippen molar-refractivity contribution in [1.82, 2.24) is 5.43 Å². The smallest absolute Gasteiger partial charge is 0.295 e. The van der Waals surface area contributed by atoms with Gasteiger partial charge < -0.3 is 14.7 Å². The molecule has 1 fully saturated rings. The number of amides is 1. The first-order valence-corrected chi connectivity index (χ1v) is 6.71. The molecule has 0 spiro atoms. The maximum Gasteiger partial charge on any atom is 0.295 e. The fraction of sp³-hybridized carbons (Fsp3) is 0.429. The first kappa shape index (κ1) is 14.3. The minimum atomic E-state index is -0.0797. The standard InChI is InChI=1S/C14H19N3O3/c1-20-13-8-11(4-5-12(13)18)9-15-16-14(19)10-17-6-2-3-7-17/h4-5,8-9,18H,2-3,6-7,10H2,1H3,(H,16,19)/p+1/b15-9+. The highest BCUT2D eigenvalue weighted by Gasteiger charge is 2.18. The predicted octanol–water partition coefficient (Wildman–Crippen LogP) is -0.470. The van der Waals surface area contributed by atoms with Gasteiger partial charge in [0.25, 0.3) is 5.91 Å². The lowest BCUT2D eigenvalue weighted by molar-refractivity contribution is -0.879. The number of hydrogen-bond donors (Lipinski definition) is 3. The number of phenols is 1. The van der Waals surface area contributed by atoms with E-state index in [4.69, 9.17) is 4.74 Å². The highest BCUT2D eigenvalue weighted by atomic mass is 16.5. The lowest BCUT2D eigenvalue weighted by Gasteiger charge is -2.09. The third-order valence-corrected chi connectivity index (χ3v) is 3.33. The molecule has 1 amide bonds. The first-order chi connectivity index (χ1) is 9.69. The van der Waals surface area contributed by atoms with Gasteiger partial charge in [0.1, 0.15) is 0 Å². The number of carbonyl (C=O) groups is 1. The molecular weight excluding hydrogens is 258 g/mol. The second-order valence-electron chi connectivity index (χ2n) is 4.86. The highest BCUT2D eigenvalue weighted by molar-refractivity contribution is 5.83. The molecule has 1 saturated heterocycles. The van der Waals surface area contributed by atoms with Crippen LogP contribution in [0.4, 0.5) is 0 Å². The molecule has 0 aliphatic carbocycles. The van der Waals surface area contributed by atoms with Crippen molar-refractivity contribution in [3.8, 4) is 11.5 Å². The Hall–Kier alpha value is -2.08. The molecule has 1 aliphatic rings. The summed E-state index contributed by atoms with van der Waals surface area (Å²) in [4.78, 5) is 13.0. The van der Waals surface area contributed by atoms with Crippen LogP contribution in [0.1, 0.15) is 18.4 Å². The molecule has 1 aliphatic heterocycles. The van der Waals surface area contributed by atoms with Crippen LogP contribution < -0.4 is 15.1 Å². The van der Waals surface area contributed by atoms with Crippen LogP contribution >= 0.6 is 0 Å². The Kier molecular flexibility index (Phi) is 4.95. The normalized spacial score (nSPS) is 15.7. The quantitative estimate of drug-likeness (QED) is 0.503. The van der Waals surface area contributed by atoms with E-state index < -0.39 is 0 Å². The summed E-state index contributed by atoms with van der Waals surface area (Å²) >= 11 is 0. The van der Waals surface area contributed by atoms with Crippen molar-refractivity contribution in [2.24, 2.45) is 5.10 Å². The van der Waals surface area contributed by atoms with Crippen molar-refractivity contribution in [1.29, 1.82) is 0 Å². The predicted molar refractivity (Wildman–Crippen MR) is 75.2 cm³/mol. The molecule has 3 N–H and O–H groups in total. The van der Waals surface area contributed by atoms with E-state index in [0.717, 1.165) is 18.7 Å². The molecule has 6 nitrogen and oxygen atoms in total. The number of hydrazone groups is 1. The molecule has 6 heteroatoms.